The molecule has 0 saturated heterocycles. The second-order valence-electron chi connectivity index (χ2n) is 6.40. The van der Waals surface area contributed by atoms with Crippen molar-refractivity contribution in [1.29, 1.82) is 0 Å². The van der Waals surface area contributed by atoms with E-state index in [4.69, 9.17) is 0 Å². The number of anilines is 1. The Morgan fingerprint density at radius 3 is 2.73 bits per heavy atom. The molecule has 1 aliphatic heterocycles. The largest absolute Gasteiger partial charge is 0.322 e. The lowest BCUT2D eigenvalue weighted by Crippen LogP contribution is -2.39. The van der Waals surface area contributed by atoms with Crippen molar-refractivity contribution in [3.8, 4) is 0 Å². The number of fused-ring (bicyclic) bond motifs is 2. The van der Waals surface area contributed by atoms with Crippen LogP contribution in [0.2, 0.25) is 0 Å². The van der Waals surface area contributed by atoms with Crippen LogP contribution in [0.3, 0.4) is 0 Å². The van der Waals surface area contributed by atoms with E-state index in [1.165, 1.54) is 6.92 Å². The van der Waals surface area contributed by atoms with Gasteiger partial charge in [-0.1, -0.05) is 0 Å². The summed E-state index contributed by atoms with van der Waals surface area (Å²) >= 11 is 0. The van der Waals surface area contributed by atoms with Crippen molar-refractivity contribution < 1.29 is 9.59 Å². The first kappa shape index (κ1) is 16.2. The number of benzene rings is 1. The maximum absolute atomic E-state index is 12.6. The Labute approximate surface area is 150 Å². The molecule has 130 valence electrons. The van der Waals surface area contributed by atoms with E-state index in [1.54, 1.807) is 41.6 Å². The predicted octanol–water partition coefficient (Wildman–Crippen LogP) is 3.42. The van der Waals surface area contributed by atoms with E-state index in [0.717, 1.165) is 28.6 Å². The van der Waals surface area contributed by atoms with Crippen LogP contribution in [0.15, 0.2) is 48.8 Å². The van der Waals surface area contributed by atoms with Gasteiger partial charge in [-0.25, -0.2) is 4.79 Å². The van der Waals surface area contributed by atoms with Gasteiger partial charge in [0, 0.05) is 54.2 Å². The number of amides is 2. The average Bonchev–Trinajstić information content (AvgIpc) is 2.66. The van der Waals surface area contributed by atoms with Crippen molar-refractivity contribution in [2.75, 3.05) is 11.9 Å². The van der Waals surface area contributed by atoms with Crippen LogP contribution in [-0.4, -0.2) is 33.2 Å². The second kappa shape index (κ2) is 6.55. The van der Waals surface area contributed by atoms with Crippen LogP contribution >= 0.6 is 0 Å². The average molecular weight is 346 g/mol. The lowest BCUT2D eigenvalue weighted by molar-refractivity contribution is 0.101. The SMILES string of the molecule is CC(=O)c1ccc(NC(=O)N2CCc3nc4ccncc4cc3C2)cc1. The number of aromatic nitrogens is 2. The maximum atomic E-state index is 12.6. The van der Waals surface area contributed by atoms with Crippen molar-refractivity contribution in [2.24, 2.45) is 0 Å². The fourth-order valence-electron chi connectivity index (χ4n) is 3.14. The Morgan fingerprint density at radius 1 is 1.15 bits per heavy atom. The highest BCUT2D eigenvalue weighted by Gasteiger charge is 2.22. The van der Waals surface area contributed by atoms with Crippen molar-refractivity contribution in [3.63, 3.8) is 0 Å². The summed E-state index contributed by atoms with van der Waals surface area (Å²) in [5.74, 6) is 0.00438. The van der Waals surface area contributed by atoms with Crippen LogP contribution in [-0.2, 0) is 13.0 Å². The maximum Gasteiger partial charge on any atom is 0.322 e. The number of carbonyl (C=O) groups excluding carboxylic acids is 2. The summed E-state index contributed by atoms with van der Waals surface area (Å²) in [6.07, 6.45) is 4.25. The van der Waals surface area contributed by atoms with Gasteiger partial charge in [0.05, 0.1) is 5.52 Å². The Morgan fingerprint density at radius 2 is 1.96 bits per heavy atom. The molecule has 0 aliphatic carbocycles. The molecule has 0 bridgehead atoms. The molecule has 1 N–H and O–H groups in total. The molecule has 6 heteroatoms. The van der Waals surface area contributed by atoms with Crippen molar-refractivity contribution in [2.45, 2.75) is 19.9 Å². The third-order valence-corrected chi connectivity index (χ3v) is 4.59. The third-order valence-electron chi connectivity index (χ3n) is 4.59. The van der Waals surface area contributed by atoms with E-state index >= 15 is 0 Å². The molecule has 1 aliphatic rings. The number of rotatable bonds is 2. The van der Waals surface area contributed by atoms with Crippen molar-refractivity contribution in [1.82, 2.24) is 14.9 Å². The van der Waals surface area contributed by atoms with Crippen molar-refractivity contribution >= 4 is 28.4 Å². The van der Waals surface area contributed by atoms with Crippen LogP contribution in [0, 0.1) is 0 Å². The first-order chi connectivity index (χ1) is 12.6. The summed E-state index contributed by atoms with van der Waals surface area (Å²) in [7, 11) is 0. The highest BCUT2D eigenvalue weighted by molar-refractivity contribution is 5.95. The minimum Gasteiger partial charge on any atom is -0.320 e. The van der Waals surface area contributed by atoms with Crippen LogP contribution in [0.25, 0.3) is 10.9 Å². The van der Waals surface area contributed by atoms with Crippen molar-refractivity contribution in [3.05, 3.63) is 65.6 Å². The molecule has 0 fully saturated rings. The summed E-state index contributed by atoms with van der Waals surface area (Å²) in [4.78, 5) is 34.5. The lowest BCUT2D eigenvalue weighted by Gasteiger charge is -2.28. The summed E-state index contributed by atoms with van der Waals surface area (Å²) in [6.45, 7) is 2.66. The zero-order chi connectivity index (χ0) is 18.1. The Hall–Kier alpha value is -3.28. The van der Waals surface area contributed by atoms with Gasteiger partial charge in [0.1, 0.15) is 0 Å². The molecule has 4 rings (SSSR count). The molecule has 0 radical (unpaired) electrons. The molecule has 0 unspecified atom stereocenters. The Kier molecular flexibility index (Phi) is 4.08. The van der Waals surface area contributed by atoms with Gasteiger partial charge in [0.25, 0.3) is 0 Å². The molecule has 0 saturated carbocycles. The van der Waals surface area contributed by atoms with Gasteiger partial charge in [-0.05, 0) is 48.9 Å². The molecule has 0 spiro atoms. The first-order valence-corrected chi connectivity index (χ1v) is 8.49. The third kappa shape index (κ3) is 3.13. The van der Waals surface area contributed by atoms with Gasteiger partial charge >= 0.3 is 6.03 Å². The van der Waals surface area contributed by atoms with Crippen LogP contribution in [0.1, 0.15) is 28.5 Å². The molecule has 3 aromatic rings. The fraction of sp³-hybridized carbons (Fsp3) is 0.200. The summed E-state index contributed by atoms with van der Waals surface area (Å²) in [5.41, 5.74) is 4.33. The topological polar surface area (TPSA) is 75.2 Å². The molecule has 3 heterocycles. The molecular weight excluding hydrogens is 328 g/mol. The minimum absolute atomic E-state index is 0.00438. The second-order valence-corrected chi connectivity index (χ2v) is 6.40. The number of pyridine rings is 2. The lowest BCUT2D eigenvalue weighted by atomic mass is 10.0. The molecule has 0 atom stereocenters. The van der Waals surface area contributed by atoms with Gasteiger partial charge in [-0.2, -0.15) is 0 Å². The zero-order valence-electron chi connectivity index (χ0n) is 14.4. The number of nitrogens with zero attached hydrogens (tertiary/aromatic N) is 3. The molecule has 2 aromatic heterocycles. The number of hydrogen-bond donors (Lipinski definition) is 1. The summed E-state index contributed by atoms with van der Waals surface area (Å²) in [5, 5.41) is 3.87. The Bertz CT molecular complexity index is 998. The summed E-state index contributed by atoms with van der Waals surface area (Å²) in [6, 6.07) is 10.7. The van der Waals surface area contributed by atoms with Gasteiger partial charge < -0.3 is 10.2 Å². The highest BCUT2D eigenvalue weighted by Crippen LogP contribution is 2.22. The zero-order valence-corrected chi connectivity index (χ0v) is 14.4. The van der Waals surface area contributed by atoms with E-state index in [9.17, 15) is 9.59 Å². The van der Waals surface area contributed by atoms with E-state index in [2.05, 4.69) is 21.4 Å². The van der Waals surface area contributed by atoms with Crippen LogP contribution in [0.5, 0.6) is 0 Å². The van der Waals surface area contributed by atoms with Gasteiger partial charge in [0.15, 0.2) is 5.78 Å². The molecule has 26 heavy (non-hydrogen) atoms. The smallest absolute Gasteiger partial charge is 0.320 e. The molecule has 1 aromatic carbocycles. The minimum atomic E-state index is -0.155. The normalized spacial score (nSPS) is 13.3. The molecule has 2 amide bonds. The van der Waals surface area contributed by atoms with Gasteiger partial charge in [-0.3, -0.25) is 14.8 Å². The number of carbonyl (C=O) groups is 2. The molecular formula is C20H18N4O2. The van der Waals surface area contributed by atoms with E-state index in [0.29, 0.717) is 24.3 Å². The quantitative estimate of drug-likeness (QED) is 0.722. The monoisotopic (exact) mass is 346 g/mol. The standard InChI is InChI=1S/C20H18N4O2/c1-13(25)14-2-4-17(5-3-14)22-20(26)24-9-7-19-16(12-24)10-15-11-21-8-6-18(15)23-19/h2-6,8,10-11H,7,9,12H2,1H3,(H,22,26). The summed E-state index contributed by atoms with van der Waals surface area (Å²) < 4.78 is 0. The van der Waals surface area contributed by atoms with Crippen LogP contribution in [0.4, 0.5) is 10.5 Å². The first-order valence-electron chi connectivity index (χ1n) is 8.49. The van der Waals surface area contributed by atoms with E-state index < -0.39 is 0 Å². The van der Waals surface area contributed by atoms with E-state index in [-0.39, 0.29) is 11.8 Å². The van der Waals surface area contributed by atoms with Gasteiger partial charge in [0.2, 0.25) is 0 Å². The number of hydrogen-bond acceptors (Lipinski definition) is 4. The van der Waals surface area contributed by atoms with E-state index in [1.807, 2.05) is 6.07 Å². The predicted molar refractivity (Wildman–Crippen MR) is 99.1 cm³/mol. The number of ketones is 1. The van der Waals surface area contributed by atoms with Crippen LogP contribution < -0.4 is 5.32 Å². The highest BCUT2D eigenvalue weighted by atomic mass is 16.2. The molecule has 6 nitrogen and oxygen atoms in total. The number of Topliss-reactive ketones (excluding diaryl/α,β-unsaturated/α-hetero) is 1. The Balaban J connectivity index is 1.50. The number of urea groups is 1. The fourth-order valence-corrected chi connectivity index (χ4v) is 3.14. The number of nitrogens with one attached hydrogen (secondary N) is 1. The van der Waals surface area contributed by atoms with Gasteiger partial charge in [-0.15, -0.1) is 0 Å².